The van der Waals surface area contributed by atoms with Crippen molar-refractivity contribution in [3.05, 3.63) is 12.2 Å². The van der Waals surface area contributed by atoms with Gasteiger partial charge in [0.05, 0.1) is 19.8 Å². The third-order valence-electron chi connectivity index (χ3n) is 11.5. The van der Waals surface area contributed by atoms with Crippen molar-refractivity contribution in [2.45, 2.75) is 270 Å². The number of phosphoric ester groups is 1. The van der Waals surface area contributed by atoms with Crippen LogP contribution < -0.4 is 5.73 Å². The van der Waals surface area contributed by atoms with Crippen molar-refractivity contribution < 1.29 is 42.7 Å². The van der Waals surface area contributed by atoms with Gasteiger partial charge in [-0.25, -0.2) is 4.57 Å². The van der Waals surface area contributed by atoms with Crippen LogP contribution in [0.5, 0.6) is 0 Å². The summed E-state index contributed by atoms with van der Waals surface area (Å²) in [6.07, 6.45) is 51.2. The number of hydrogen-bond acceptors (Lipinski definition) is 8. The van der Waals surface area contributed by atoms with Crippen LogP contribution in [0.15, 0.2) is 12.2 Å². The number of carboxylic acids is 1. The summed E-state index contributed by atoms with van der Waals surface area (Å²) in [7, 11) is -4.62. The molecular formula is C50H98NO9P. The molecule has 0 rings (SSSR count). The average molecular weight is 888 g/mol. The lowest BCUT2D eigenvalue weighted by Gasteiger charge is -2.20. The van der Waals surface area contributed by atoms with E-state index >= 15 is 0 Å². The zero-order valence-electron chi connectivity index (χ0n) is 39.8. The number of nitrogens with two attached hydrogens (primary N) is 1. The van der Waals surface area contributed by atoms with E-state index < -0.39 is 45.1 Å². The quantitative estimate of drug-likeness (QED) is 0.0233. The van der Waals surface area contributed by atoms with Crippen LogP contribution >= 0.6 is 7.82 Å². The number of phosphoric acid groups is 1. The molecule has 3 unspecified atom stereocenters. The summed E-state index contributed by atoms with van der Waals surface area (Å²) < 4.78 is 33.5. The van der Waals surface area contributed by atoms with Crippen LogP contribution in [0.3, 0.4) is 0 Å². The molecule has 0 bridgehead atoms. The summed E-state index contributed by atoms with van der Waals surface area (Å²) >= 11 is 0. The Hall–Kier alpha value is -1.29. The van der Waals surface area contributed by atoms with Gasteiger partial charge in [-0.2, -0.15) is 0 Å². The Morgan fingerprint density at radius 2 is 0.852 bits per heavy atom. The number of carboxylic acid groups (broad SMARTS) is 1. The molecule has 4 N–H and O–H groups in total. The second-order valence-electron chi connectivity index (χ2n) is 17.7. The Balaban J connectivity index is 4.10. The molecule has 0 radical (unpaired) electrons. The highest BCUT2D eigenvalue weighted by atomic mass is 31.2. The highest BCUT2D eigenvalue weighted by molar-refractivity contribution is 7.47. The van der Waals surface area contributed by atoms with Gasteiger partial charge in [0, 0.05) is 13.0 Å². The van der Waals surface area contributed by atoms with Crippen molar-refractivity contribution in [1.82, 2.24) is 0 Å². The van der Waals surface area contributed by atoms with Crippen LogP contribution in [0.4, 0.5) is 0 Å². The summed E-state index contributed by atoms with van der Waals surface area (Å²) in [6, 6.07) is -1.47. The first-order valence-corrected chi connectivity index (χ1v) is 27.2. The van der Waals surface area contributed by atoms with Crippen LogP contribution in [0.2, 0.25) is 0 Å². The summed E-state index contributed by atoms with van der Waals surface area (Å²) in [4.78, 5) is 33.7. The molecule has 0 aliphatic carbocycles. The zero-order valence-corrected chi connectivity index (χ0v) is 40.7. The molecular weight excluding hydrogens is 790 g/mol. The van der Waals surface area contributed by atoms with Crippen molar-refractivity contribution in [3.63, 3.8) is 0 Å². The smallest absolute Gasteiger partial charge is 0.472 e. The number of allylic oxidation sites excluding steroid dienone is 2. The molecule has 0 fully saturated rings. The summed E-state index contributed by atoms with van der Waals surface area (Å²) in [6.45, 7) is 3.94. The summed E-state index contributed by atoms with van der Waals surface area (Å²) in [5.74, 6) is -1.77. The van der Waals surface area contributed by atoms with Crippen LogP contribution in [0, 0.1) is 0 Å². The average Bonchev–Trinajstić information content (AvgIpc) is 3.24. The van der Waals surface area contributed by atoms with Crippen molar-refractivity contribution in [3.8, 4) is 0 Å². The van der Waals surface area contributed by atoms with Gasteiger partial charge in [0.2, 0.25) is 0 Å². The van der Waals surface area contributed by atoms with Gasteiger partial charge < -0.3 is 25.2 Å². The van der Waals surface area contributed by atoms with Crippen molar-refractivity contribution in [2.75, 3.05) is 26.4 Å². The first-order valence-electron chi connectivity index (χ1n) is 25.7. The van der Waals surface area contributed by atoms with Gasteiger partial charge in [-0.05, 0) is 38.5 Å². The van der Waals surface area contributed by atoms with Gasteiger partial charge in [-0.3, -0.25) is 18.6 Å². The van der Waals surface area contributed by atoms with Gasteiger partial charge in [-0.15, -0.1) is 0 Å². The number of rotatable bonds is 50. The van der Waals surface area contributed by atoms with E-state index in [2.05, 4.69) is 26.0 Å². The van der Waals surface area contributed by atoms with Crippen LogP contribution in [-0.2, 0) is 32.7 Å². The maximum atomic E-state index is 12.7. The molecule has 0 aliphatic heterocycles. The predicted molar refractivity (Wildman–Crippen MR) is 254 cm³/mol. The molecule has 0 spiro atoms. The molecule has 3 atom stereocenters. The topological polar surface area (TPSA) is 155 Å². The van der Waals surface area contributed by atoms with E-state index in [9.17, 15) is 19.0 Å². The molecule has 0 saturated carbocycles. The largest absolute Gasteiger partial charge is 0.480 e. The molecule has 0 heterocycles. The van der Waals surface area contributed by atoms with Crippen molar-refractivity contribution in [2.24, 2.45) is 5.73 Å². The number of hydrogen-bond donors (Lipinski definition) is 3. The third kappa shape index (κ3) is 46.5. The molecule has 362 valence electrons. The molecule has 61 heavy (non-hydrogen) atoms. The summed E-state index contributed by atoms with van der Waals surface area (Å²) in [5, 5.41) is 8.93. The van der Waals surface area contributed by atoms with Crippen LogP contribution in [-0.4, -0.2) is 60.5 Å². The Morgan fingerprint density at radius 1 is 0.508 bits per heavy atom. The van der Waals surface area contributed by atoms with Crippen molar-refractivity contribution >= 4 is 19.8 Å². The van der Waals surface area contributed by atoms with E-state index in [1.807, 2.05) is 0 Å². The molecule has 0 aromatic carbocycles. The van der Waals surface area contributed by atoms with Crippen molar-refractivity contribution in [1.29, 1.82) is 0 Å². The van der Waals surface area contributed by atoms with Gasteiger partial charge >= 0.3 is 19.8 Å². The second-order valence-corrected chi connectivity index (χ2v) is 19.1. The number of carbonyl (C=O) groups is 2. The first kappa shape index (κ1) is 59.7. The molecule has 0 aromatic rings. The number of ether oxygens (including phenoxy) is 2. The molecule has 0 saturated heterocycles. The van der Waals surface area contributed by atoms with E-state index in [1.54, 1.807) is 0 Å². The fraction of sp³-hybridized carbons (Fsp3) is 0.920. The fourth-order valence-corrected chi connectivity index (χ4v) is 8.32. The second kappa shape index (κ2) is 46.7. The van der Waals surface area contributed by atoms with E-state index in [4.69, 9.17) is 29.4 Å². The monoisotopic (exact) mass is 888 g/mol. The molecule has 0 aromatic heterocycles. The van der Waals surface area contributed by atoms with Gasteiger partial charge in [0.25, 0.3) is 0 Å². The standard InChI is InChI=1S/C50H98NO9P/c1-3-5-7-9-11-13-15-17-19-21-23-25-27-29-31-33-35-37-39-41-43-57-44-47(45-58-61(55,56)59-46-48(51)50(53)54)60-49(52)42-40-38-36-34-32-30-28-26-24-22-20-18-16-14-12-10-8-6-4-2/h18,20,47-48H,3-17,19,21-46,51H2,1-2H3,(H,53,54)(H,55,56)/b20-18-. The first-order chi connectivity index (χ1) is 29.7. The van der Waals surface area contributed by atoms with E-state index in [1.165, 1.54) is 193 Å². The number of carbonyl (C=O) groups excluding carboxylic acids is 1. The van der Waals surface area contributed by atoms with E-state index in [0.29, 0.717) is 13.0 Å². The molecule has 10 nitrogen and oxygen atoms in total. The minimum atomic E-state index is -4.62. The van der Waals surface area contributed by atoms with E-state index in [0.717, 1.165) is 38.5 Å². The lowest BCUT2D eigenvalue weighted by molar-refractivity contribution is -0.154. The van der Waals surface area contributed by atoms with Gasteiger partial charge in [-0.1, -0.05) is 225 Å². The lowest BCUT2D eigenvalue weighted by atomic mass is 10.0. The zero-order chi connectivity index (χ0) is 44.8. The number of esters is 1. The maximum Gasteiger partial charge on any atom is 0.472 e. The maximum absolute atomic E-state index is 12.7. The third-order valence-corrected chi connectivity index (χ3v) is 12.5. The van der Waals surface area contributed by atoms with Gasteiger partial charge in [0.1, 0.15) is 12.1 Å². The minimum absolute atomic E-state index is 0.0228. The molecule has 11 heteroatoms. The van der Waals surface area contributed by atoms with Crippen LogP contribution in [0.25, 0.3) is 0 Å². The number of unbranched alkanes of at least 4 members (excludes halogenated alkanes) is 34. The highest BCUT2D eigenvalue weighted by Gasteiger charge is 2.27. The summed E-state index contributed by atoms with van der Waals surface area (Å²) in [5.41, 5.74) is 5.38. The highest BCUT2D eigenvalue weighted by Crippen LogP contribution is 2.43. The van der Waals surface area contributed by atoms with Crippen LogP contribution in [0.1, 0.15) is 258 Å². The Morgan fingerprint density at radius 3 is 1.25 bits per heavy atom. The molecule has 0 aliphatic rings. The normalized spacial score (nSPS) is 13.8. The predicted octanol–water partition coefficient (Wildman–Crippen LogP) is 14.9. The minimum Gasteiger partial charge on any atom is -0.480 e. The molecule has 0 amide bonds. The Kier molecular flexibility index (Phi) is 45.7. The lowest BCUT2D eigenvalue weighted by Crippen LogP contribution is -2.34. The fourth-order valence-electron chi connectivity index (χ4n) is 7.54. The Labute approximate surface area is 375 Å². The Bertz CT molecular complexity index is 1030. The number of aliphatic carboxylic acids is 1. The SMILES string of the molecule is CCCCCCCC/C=C\CCCCCCCCCCCC(=O)OC(COCCCCCCCCCCCCCCCCCCCCCC)COP(=O)(O)OCC(N)C(=O)O. The van der Waals surface area contributed by atoms with Gasteiger partial charge in [0.15, 0.2) is 0 Å². The van der Waals surface area contributed by atoms with E-state index in [-0.39, 0.29) is 13.0 Å².